The van der Waals surface area contributed by atoms with Crippen LogP contribution in [-0.4, -0.2) is 22.1 Å². The Bertz CT molecular complexity index is 1350. The lowest BCUT2D eigenvalue weighted by molar-refractivity contribution is -0.138. The van der Waals surface area contributed by atoms with E-state index >= 15 is 0 Å². The Morgan fingerprint density at radius 2 is 1.73 bits per heavy atom. The molecule has 0 saturated carbocycles. The second-order valence-corrected chi connectivity index (χ2v) is 8.16. The molecule has 1 amide bonds. The molecule has 0 aliphatic rings. The number of carboxylic acid groups (broad SMARTS) is 1. The minimum atomic E-state index is -4.47. The van der Waals surface area contributed by atoms with Crippen molar-refractivity contribution >= 4 is 17.6 Å². The van der Waals surface area contributed by atoms with Crippen LogP contribution in [0.25, 0.3) is 0 Å². The van der Waals surface area contributed by atoms with E-state index in [9.17, 15) is 27.9 Å². The zero-order chi connectivity index (χ0) is 26.4. The molecule has 10 heteroatoms. The molecule has 0 spiro atoms. The van der Waals surface area contributed by atoms with Crippen molar-refractivity contribution in [2.75, 3.05) is 5.32 Å². The van der Waals surface area contributed by atoms with Gasteiger partial charge in [-0.3, -0.25) is 9.59 Å². The maximum Gasteiger partial charge on any atom is 0.416 e. The number of carbonyl (C=O) groups is 2. The van der Waals surface area contributed by atoms with E-state index in [0.29, 0.717) is 17.1 Å². The molecule has 37 heavy (non-hydrogen) atoms. The van der Waals surface area contributed by atoms with E-state index in [-0.39, 0.29) is 18.6 Å². The van der Waals surface area contributed by atoms with Crippen molar-refractivity contribution in [1.29, 1.82) is 0 Å². The minimum Gasteiger partial charge on any atom is -0.489 e. The minimum absolute atomic E-state index is 0.0987. The third kappa shape index (κ3) is 6.75. The van der Waals surface area contributed by atoms with Gasteiger partial charge >= 0.3 is 12.1 Å². The fourth-order valence-electron chi connectivity index (χ4n) is 3.69. The van der Waals surface area contributed by atoms with E-state index < -0.39 is 29.5 Å². The number of carboxylic acids is 1. The van der Waals surface area contributed by atoms with Crippen LogP contribution in [-0.2, 0) is 17.6 Å². The second kappa shape index (κ2) is 11.0. The molecule has 0 fully saturated rings. The van der Waals surface area contributed by atoms with Crippen LogP contribution in [0.1, 0.15) is 45.1 Å². The van der Waals surface area contributed by atoms with Gasteiger partial charge in [-0.15, -0.1) is 0 Å². The van der Waals surface area contributed by atoms with Gasteiger partial charge in [-0.1, -0.05) is 29.4 Å². The quantitative estimate of drug-likeness (QED) is 0.281. The first-order valence-electron chi connectivity index (χ1n) is 11.1. The largest absolute Gasteiger partial charge is 0.489 e. The Hall–Kier alpha value is -4.60. The average Bonchev–Trinajstić information content (AvgIpc) is 3.41. The number of aromatic nitrogens is 1. The van der Waals surface area contributed by atoms with Crippen LogP contribution in [0.15, 0.2) is 89.6 Å². The van der Waals surface area contributed by atoms with Crippen LogP contribution >= 0.6 is 0 Å². The van der Waals surface area contributed by atoms with E-state index in [0.717, 1.165) is 35.4 Å². The van der Waals surface area contributed by atoms with Crippen molar-refractivity contribution in [1.82, 2.24) is 5.16 Å². The summed E-state index contributed by atoms with van der Waals surface area (Å²) in [6.45, 7) is 0.186. The molecule has 4 rings (SSSR count). The third-order valence-corrected chi connectivity index (χ3v) is 5.54. The lowest BCUT2D eigenvalue weighted by atomic mass is 9.92. The van der Waals surface area contributed by atoms with Gasteiger partial charge in [0.1, 0.15) is 18.6 Å². The summed E-state index contributed by atoms with van der Waals surface area (Å²) in [7, 11) is 0. The summed E-state index contributed by atoms with van der Waals surface area (Å²) >= 11 is 0. The molecule has 4 aromatic rings. The number of nitrogens with one attached hydrogen (secondary N) is 1. The van der Waals surface area contributed by atoms with Gasteiger partial charge in [0.15, 0.2) is 0 Å². The number of hydrogen-bond acceptors (Lipinski definition) is 5. The molecule has 0 bridgehead atoms. The van der Waals surface area contributed by atoms with Crippen molar-refractivity contribution in [2.45, 2.75) is 25.1 Å². The number of hydrogen-bond donors (Lipinski definition) is 2. The number of aliphatic carboxylic acids is 1. The predicted molar refractivity (Wildman–Crippen MR) is 127 cm³/mol. The number of amides is 1. The Labute approximate surface area is 209 Å². The number of halogens is 3. The summed E-state index contributed by atoms with van der Waals surface area (Å²) in [5, 5.41) is 15.8. The SMILES string of the molecule is O=C(O)C[C@@H](c1ccc(OCc2cccc(NC(=O)c3ccc(C(F)(F)F)cc3)c2)cc1)c1ccon1. The monoisotopic (exact) mass is 510 g/mol. The van der Waals surface area contributed by atoms with E-state index in [2.05, 4.69) is 10.5 Å². The third-order valence-electron chi connectivity index (χ3n) is 5.54. The van der Waals surface area contributed by atoms with Gasteiger partial charge in [0.2, 0.25) is 0 Å². The van der Waals surface area contributed by atoms with Crippen LogP contribution in [0.5, 0.6) is 5.75 Å². The topological polar surface area (TPSA) is 102 Å². The van der Waals surface area contributed by atoms with Crippen LogP contribution in [0.4, 0.5) is 18.9 Å². The van der Waals surface area contributed by atoms with Crippen molar-refractivity contribution in [3.63, 3.8) is 0 Å². The zero-order valence-electron chi connectivity index (χ0n) is 19.2. The molecule has 0 radical (unpaired) electrons. The fraction of sp³-hybridized carbons (Fsp3) is 0.148. The van der Waals surface area contributed by atoms with Gasteiger partial charge in [-0.2, -0.15) is 13.2 Å². The molecule has 1 atom stereocenters. The molecule has 1 heterocycles. The van der Waals surface area contributed by atoms with Gasteiger partial charge in [0, 0.05) is 23.2 Å². The van der Waals surface area contributed by atoms with Crippen molar-refractivity contribution < 1.29 is 37.1 Å². The lowest BCUT2D eigenvalue weighted by Gasteiger charge is -2.14. The molecule has 0 aliphatic heterocycles. The first-order chi connectivity index (χ1) is 17.7. The Morgan fingerprint density at radius 3 is 2.35 bits per heavy atom. The van der Waals surface area contributed by atoms with E-state index in [1.165, 1.54) is 6.26 Å². The van der Waals surface area contributed by atoms with E-state index in [1.807, 2.05) is 0 Å². The Morgan fingerprint density at radius 1 is 1.00 bits per heavy atom. The van der Waals surface area contributed by atoms with Crippen molar-refractivity contribution in [2.24, 2.45) is 0 Å². The summed E-state index contributed by atoms with van der Waals surface area (Å²) < 4.78 is 48.8. The maximum atomic E-state index is 12.7. The number of anilines is 1. The van der Waals surface area contributed by atoms with Crippen molar-refractivity contribution in [3.05, 3.63) is 113 Å². The molecule has 190 valence electrons. The summed E-state index contributed by atoms with van der Waals surface area (Å²) in [5.74, 6) is -1.41. The van der Waals surface area contributed by atoms with Crippen molar-refractivity contribution in [3.8, 4) is 5.75 Å². The van der Waals surface area contributed by atoms with E-state index in [1.54, 1.807) is 54.6 Å². The summed E-state index contributed by atoms with van der Waals surface area (Å²) in [6.07, 6.45) is -3.22. The first-order valence-corrected chi connectivity index (χ1v) is 11.1. The predicted octanol–water partition coefficient (Wildman–Crippen LogP) is 6.13. The Balaban J connectivity index is 1.37. The van der Waals surface area contributed by atoms with Crippen LogP contribution in [0.3, 0.4) is 0 Å². The number of carbonyl (C=O) groups excluding carboxylic acids is 1. The molecule has 0 unspecified atom stereocenters. The number of benzene rings is 3. The normalized spacial score (nSPS) is 12.1. The average molecular weight is 510 g/mol. The molecular formula is C27H21F3N2O5. The van der Waals surface area contributed by atoms with Crippen LogP contribution in [0, 0.1) is 0 Å². The van der Waals surface area contributed by atoms with Gasteiger partial charge < -0.3 is 19.7 Å². The summed E-state index contributed by atoms with van der Waals surface area (Å²) in [4.78, 5) is 23.7. The number of ether oxygens (including phenoxy) is 1. The summed E-state index contributed by atoms with van der Waals surface area (Å²) in [6, 6.07) is 19.4. The lowest BCUT2D eigenvalue weighted by Crippen LogP contribution is -2.13. The van der Waals surface area contributed by atoms with Gasteiger partial charge in [-0.25, -0.2) is 0 Å². The second-order valence-electron chi connectivity index (χ2n) is 8.16. The maximum absolute atomic E-state index is 12.7. The summed E-state index contributed by atoms with van der Waals surface area (Å²) in [5.41, 5.74) is 1.75. The molecule has 0 aliphatic carbocycles. The molecule has 0 saturated heterocycles. The van der Waals surface area contributed by atoms with Crippen LogP contribution in [0.2, 0.25) is 0 Å². The molecule has 1 aromatic heterocycles. The van der Waals surface area contributed by atoms with Crippen LogP contribution < -0.4 is 10.1 Å². The fourth-order valence-corrected chi connectivity index (χ4v) is 3.69. The highest BCUT2D eigenvalue weighted by Crippen LogP contribution is 2.30. The van der Waals surface area contributed by atoms with Gasteiger partial charge in [-0.05, 0) is 59.7 Å². The highest BCUT2D eigenvalue weighted by atomic mass is 19.4. The van der Waals surface area contributed by atoms with Gasteiger partial charge in [0.25, 0.3) is 5.91 Å². The zero-order valence-corrected chi connectivity index (χ0v) is 19.2. The highest BCUT2D eigenvalue weighted by Gasteiger charge is 2.30. The number of alkyl halides is 3. The highest BCUT2D eigenvalue weighted by molar-refractivity contribution is 6.04. The molecule has 7 nitrogen and oxygen atoms in total. The first kappa shape index (κ1) is 25.5. The smallest absolute Gasteiger partial charge is 0.416 e. The molecule has 2 N–H and O–H groups in total. The number of rotatable bonds is 9. The number of nitrogens with zero attached hydrogens (tertiary/aromatic N) is 1. The van der Waals surface area contributed by atoms with Gasteiger partial charge in [0.05, 0.1) is 17.7 Å². The standard InChI is InChI=1S/C27H21F3N2O5/c28-27(29,30)20-8-4-19(5-9-20)26(35)31-21-3-1-2-17(14-21)16-36-22-10-6-18(7-11-22)23(15-25(33)34)24-12-13-37-32-24/h1-14,23H,15-16H2,(H,31,35)(H,33,34)/t23-/m0/s1. The molecular weight excluding hydrogens is 489 g/mol. The Kier molecular flexibility index (Phi) is 7.57. The molecule has 3 aromatic carbocycles. The van der Waals surface area contributed by atoms with E-state index in [4.69, 9.17) is 9.26 Å².